The summed E-state index contributed by atoms with van der Waals surface area (Å²) in [7, 11) is 2.74. The van der Waals surface area contributed by atoms with Crippen LogP contribution in [0.2, 0.25) is 0 Å². The first-order chi connectivity index (χ1) is 16.0. The fourth-order valence-corrected chi connectivity index (χ4v) is 2.98. The molecule has 1 aromatic carbocycles. The van der Waals surface area contributed by atoms with E-state index in [1.807, 2.05) is 6.92 Å². The number of carbonyl (C=O) groups is 2. The second kappa shape index (κ2) is 9.21. The smallest absolute Gasteiger partial charge is 0.259 e. The van der Waals surface area contributed by atoms with Crippen molar-refractivity contribution in [3.05, 3.63) is 64.7 Å². The van der Waals surface area contributed by atoms with E-state index in [4.69, 9.17) is 8.85 Å². The van der Waals surface area contributed by atoms with E-state index in [-0.39, 0.29) is 28.1 Å². The first-order valence-electron chi connectivity index (χ1n) is 10.8. The summed E-state index contributed by atoms with van der Waals surface area (Å²) in [5.41, 5.74) is 0.938. The number of rotatable bonds is 6. The summed E-state index contributed by atoms with van der Waals surface area (Å²) in [6, 6.07) is 7.48. The van der Waals surface area contributed by atoms with Gasteiger partial charge >= 0.3 is 0 Å². The Morgan fingerprint density at radius 1 is 1.06 bits per heavy atom. The van der Waals surface area contributed by atoms with Gasteiger partial charge in [-0.25, -0.2) is 15.0 Å². The molecule has 9 heteroatoms. The largest absolute Gasteiger partial charge is 0.496 e. The number of methoxy groups -OCH3 is 1. The van der Waals surface area contributed by atoms with Crippen molar-refractivity contribution >= 4 is 29.1 Å². The van der Waals surface area contributed by atoms with Gasteiger partial charge < -0.3 is 20.7 Å². The maximum absolute atomic E-state index is 13.1. The molecule has 2 amide bonds. The van der Waals surface area contributed by atoms with Gasteiger partial charge in [-0.3, -0.25) is 9.59 Å². The molecule has 0 atom stereocenters. The van der Waals surface area contributed by atoms with Crippen LogP contribution < -0.4 is 20.7 Å². The summed E-state index contributed by atoms with van der Waals surface area (Å²) >= 11 is 0. The van der Waals surface area contributed by atoms with Crippen LogP contribution in [0.5, 0.6) is 5.75 Å². The lowest BCUT2D eigenvalue weighted by atomic mass is 10.1. The van der Waals surface area contributed by atoms with Crippen LogP contribution >= 0.6 is 0 Å². The third kappa shape index (κ3) is 4.95. The summed E-state index contributed by atoms with van der Waals surface area (Å²) in [6.07, 6.45) is 1.31. The van der Waals surface area contributed by atoms with Gasteiger partial charge in [0, 0.05) is 35.2 Å². The second-order valence-corrected chi connectivity index (χ2v) is 6.60. The van der Waals surface area contributed by atoms with Crippen LogP contribution in [-0.4, -0.2) is 40.9 Å². The van der Waals surface area contributed by atoms with Crippen LogP contribution in [0.15, 0.2) is 36.5 Å². The number of amides is 2. The Morgan fingerprint density at radius 2 is 1.87 bits per heavy atom. The number of carbonyl (C=O) groups excluding carboxylic acids is 2. The highest BCUT2D eigenvalue weighted by Crippen LogP contribution is 2.26. The topological polar surface area (TPSA) is 118 Å². The van der Waals surface area contributed by atoms with Gasteiger partial charge in [0.05, 0.1) is 23.9 Å². The minimum absolute atomic E-state index is 0.00681. The Labute approximate surface area is 184 Å². The van der Waals surface area contributed by atoms with Crippen molar-refractivity contribution in [2.45, 2.75) is 20.7 Å². The van der Waals surface area contributed by atoms with E-state index in [0.29, 0.717) is 17.5 Å². The third-order valence-electron chi connectivity index (χ3n) is 4.31. The summed E-state index contributed by atoms with van der Waals surface area (Å²) in [6.45, 7) is 1.11. The zero-order valence-corrected chi connectivity index (χ0v) is 17.5. The lowest BCUT2D eigenvalue weighted by Gasteiger charge is -2.15. The van der Waals surface area contributed by atoms with Crippen LogP contribution in [0.3, 0.4) is 0 Å². The van der Waals surface area contributed by atoms with Crippen molar-refractivity contribution in [3.63, 3.8) is 0 Å². The first kappa shape index (κ1) is 17.8. The standard InChI is InChI=1S/C22H24N6O3/c1-12-7-6-8-15(20(12)31-5)22(30)27-17-10-18(24-11-16(17)21(29)23-4)28-19-9-13(2)25-14(3)26-19/h6-11H,1-5H3,(H,23,29)(H2,24,25,26,27,28,30)/i1D3. The SMILES string of the molecule is [2H]C([2H])([2H])c1cccc(C(=O)Nc2cc(Nc3cc(C)nc(C)n3)ncc2C(=O)NC)c1OC. The Bertz CT molecular complexity index is 1230. The zero-order valence-electron chi connectivity index (χ0n) is 20.5. The molecule has 3 N–H and O–H groups in total. The van der Waals surface area contributed by atoms with Crippen molar-refractivity contribution in [1.82, 2.24) is 20.3 Å². The molecule has 0 unspecified atom stereocenters. The summed E-state index contributed by atoms with van der Waals surface area (Å²) in [4.78, 5) is 38.3. The number of benzene rings is 1. The quantitative estimate of drug-likeness (QED) is 0.557. The molecule has 3 rings (SSSR count). The van der Waals surface area contributed by atoms with Gasteiger partial charge in [-0.05, 0) is 32.3 Å². The Morgan fingerprint density at radius 3 is 2.55 bits per heavy atom. The van der Waals surface area contributed by atoms with E-state index in [9.17, 15) is 9.59 Å². The molecule has 0 saturated carbocycles. The molecular weight excluding hydrogens is 396 g/mol. The van der Waals surface area contributed by atoms with Crippen molar-refractivity contribution < 1.29 is 18.4 Å². The van der Waals surface area contributed by atoms with Crippen LogP contribution in [-0.2, 0) is 0 Å². The Hall–Kier alpha value is -4.01. The molecular formula is C22H24N6O3. The molecule has 0 aliphatic carbocycles. The third-order valence-corrected chi connectivity index (χ3v) is 4.31. The number of nitrogens with zero attached hydrogens (tertiary/aromatic N) is 3. The molecule has 9 nitrogen and oxygen atoms in total. The van der Waals surface area contributed by atoms with Gasteiger partial charge in [0.2, 0.25) is 0 Å². The van der Waals surface area contributed by atoms with Crippen LogP contribution in [0, 0.1) is 20.7 Å². The van der Waals surface area contributed by atoms with Crippen molar-refractivity contribution in [1.29, 1.82) is 0 Å². The number of aryl methyl sites for hydroxylation is 3. The molecule has 31 heavy (non-hydrogen) atoms. The Balaban J connectivity index is 2.00. The Kier molecular flexibility index (Phi) is 5.29. The van der Waals surface area contributed by atoms with Gasteiger partial charge in [-0.2, -0.15) is 0 Å². The van der Waals surface area contributed by atoms with Gasteiger partial charge in [0.25, 0.3) is 11.8 Å². The molecule has 2 heterocycles. The molecule has 0 aliphatic rings. The predicted octanol–water partition coefficient (Wildman–Crippen LogP) is 3.16. The molecule has 0 saturated heterocycles. The second-order valence-electron chi connectivity index (χ2n) is 6.60. The van der Waals surface area contributed by atoms with E-state index in [2.05, 4.69) is 30.9 Å². The molecule has 0 spiro atoms. The molecule has 0 fully saturated rings. The van der Waals surface area contributed by atoms with Gasteiger partial charge in [0.15, 0.2) is 0 Å². The monoisotopic (exact) mass is 423 g/mol. The predicted molar refractivity (Wildman–Crippen MR) is 118 cm³/mol. The number of nitrogens with one attached hydrogen (secondary N) is 3. The summed E-state index contributed by atoms with van der Waals surface area (Å²) in [5, 5.41) is 8.20. The lowest BCUT2D eigenvalue weighted by Crippen LogP contribution is -2.22. The van der Waals surface area contributed by atoms with E-state index >= 15 is 0 Å². The van der Waals surface area contributed by atoms with Gasteiger partial charge in [-0.1, -0.05) is 12.1 Å². The molecule has 0 bridgehead atoms. The van der Waals surface area contributed by atoms with Crippen LogP contribution in [0.1, 0.15) is 41.9 Å². The average Bonchev–Trinajstić information content (AvgIpc) is 2.76. The highest BCUT2D eigenvalue weighted by molar-refractivity contribution is 6.10. The highest BCUT2D eigenvalue weighted by atomic mass is 16.5. The number of aromatic nitrogens is 3. The minimum Gasteiger partial charge on any atom is -0.496 e. The normalized spacial score (nSPS) is 12.2. The zero-order chi connectivity index (χ0) is 25.0. The van der Waals surface area contributed by atoms with Crippen molar-refractivity contribution in [2.24, 2.45) is 0 Å². The van der Waals surface area contributed by atoms with Gasteiger partial charge in [-0.15, -0.1) is 0 Å². The van der Waals surface area contributed by atoms with Crippen molar-refractivity contribution in [3.8, 4) is 5.75 Å². The van der Waals surface area contributed by atoms with E-state index in [1.54, 1.807) is 13.0 Å². The number of anilines is 3. The molecule has 160 valence electrons. The molecule has 2 aromatic heterocycles. The van der Waals surface area contributed by atoms with Crippen molar-refractivity contribution in [2.75, 3.05) is 24.8 Å². The molecule has 0 aliphatic heterocycles. The number of pyridine rings is 1. The molecule has 3 aromatic rings. The van der Waals surface area contributed by atoms with E-state index in [1.165, 1.54) is 44.6 Å². The number of hydrogen-bond donors (Lipinski definition) is 3. The van der Waals surface area contributed by atoms with Gasteiger partial charge in [0.1, 0.15) is 23.2 Å². The fourth-order valence-electron chi connectivity index (χ4n) is 2.98. The minimum atomic E-state index is -2.48. The maximum Gasteiger partial charge on any atom is 0.259 e. The van der Waals surface area contributed by atoms with E-state index in [0.717, 1.165) is 5.69 Å². The molecule has 0 radical (unpaired) electrons. The highest BCUT2D eigenvalue weighted by Gasteiger charge is 2.19. The van der Waals surface area contributed by atoms with Crippen LogP contribution in [0.25, 0.3) is 0 Å². The van der Waals surface area contributed by atoms with E-state index < -0.39 is 18.7 Å². The lowest BCUT2D eigenvalue weighted by molar-refractivity contribution is 0.0963. The average molecular weight is 423 g/mol. The summed E-state index contributed by atoms with van der Waals surface area (Å²) < 4.78 is 28.3. The first-order valence-corrected chi connectivity index (χ1v) is 9.33. The summed E-state index contributed by atoms with van der Waals surface area (Å²) in [5.74, 6) is 0.198. The maximum atomic E-state index is 13.1. The number of ether oxygens (including phenoxy) is 1. The number of hydrogen-bond acceptors (Lipinski definition) is 7. The number of para-hydroxylation sites is 1. The fraction of sp³-hybridized carbons (Fsp3) is 0.227. The van der Waals surface area contributed by atoms with Crippen LogP contribution in [0.4, 0.5) is 17.3 Å².